The van der Waals surface area contributed by atoms with Crippen LogP contribution in [0.5, 0.6) is 0 Å². The van der Waals surface area contributed by atoms with E-state index < -0.39 is 6.10 Å². The van der Waals surface area contributed by atoms with E-state index >= 15 is 0 Å². The van der Waals surface area contributed by atoms with Crippen molar-refractivity contribution in [1.82, 2.24) is 4.90 Å². The molecule has 0 aliphatic carbocycles. The van der Waals surface area contributed by atoms with Crippen molar-refractivity contribution < 1.29 is 14.7 Å². The van der Waals surface area contributed by atoms with Crippen molar-refractivity contribution in [3.63, 3.8) is 0 Å². The average molecular weight is 199 g/mol. The summed E-state index contributed by atoms with van der Waals surface area (Å²) in [5.74, 6) is -0.189. The number of nitrogens with zero attached hydrogens (tertiary/aromatic N) is 1. The summed E-state index contributed by atoms with van der Waals surface area (Å²) in [5, 5.41) is 9.67. The largest absolute Gasteiger partial charge is 0.391 e. The molecule has 2 unspecified atom stereocenters. The van der Waals surface area contributed by atoms with Crippen LogP contribution < -0.4 is 0 Å². The molecule has 4 heteroatoms. The van der Waals surface area contributed by atoms with E-state index in [9.17, 15) is 14.7 Å². The van der Waals surface area contributed by atoms with Crippen molar-refractivity contribution >= 4 is 11.8 Å². The maximum Gasteiger partial charge on any atom is 0.229 e. The van der Waals surface area contributed by atoms with Crippen LogP contribution in [0.3, 0.4) is 0 Å². The molecule has 1 fully saturated rings. The summed E-state index contributed by atoms with van der Waals surface area (Å²) in [6.07, 6.45) is 0.848. The van der Waals surface area contributed by atoms with Crippen molar-refractivity contribution in [1.29, 1.82) is 0 Å². The first kappa shape index (κ1) is 11.2. The van der Waals surface area contributed by atoms with Crippen molar-refractivity contribution in [2.75, 3.05) is 6.54 Å². The van der Waals surface area contributed by atoms with Gasteiger partial charge in [-0.3, -0.25) is 14.5 Å². The molecule has 1 rings (SSSR count). The highest BCUT2D eigenvalue weighted by Gasteiger charge is 2.31. The molecule has 4 nitrogen and oxygen atoms in total. The fourth-order valence-corrected chi connectivity index (χ4v) is 1.47. The zero-order chi connectivity index (χ0) is 10.7. The summed E-state index contributed by atoms with van der Waals surface area (Å²) in [6.45, 7) is 4.05. The van der Waals surface area contributed by atoms with Gasteiger partial charge in [-0.2, -0.15) is 0 Å². The third-order valence-electron chi connectivity index (χ3n) is 2.83. The third kappa shape index (κ3) is 2.32. The normalized spacial score (nSPS) is 21.5. The van der Waals surface area contributed by atoms with E-state index in [-0.39, 0.29) is 24.3 Å². The quantitative estimate of drug-likeness (QED) is 0.672. The van der Waals surface area contributed by atoms with E-state index in [2.05, 4.69) is 0 Å². The first-order valence-electron chi connectivity index (χ1n) is 5.07. The Morgan fingerprint density at radius 3 is 2.29 bits per heavy atom. The minimum Gasteiger partial charge on any atom is -0.391 e. The molecule has 14 heavy (non-hydrogen) atoms. The molecule has 1 aliphatic rings. The van der Waals surface area contributed by atoms with Crippen molar-refractivity contribution in [3.05, 3.63) is 0 Å². The van der Waals surface area contributed by atoms with E-state index in [1.165, 1.54) is 4.90 Å². The Kier molecular flexibility index (Phi) is 3.63. The number of imide groups is 1. The topological polar surface area (TPSA) is 57.6 Å². The highest BCUT2D eigenvalue weighted by Crippen LogP contribution is 2.15. The Balaban J connectivity index is 2.50. The summed E-state index contributed by atoms with van der Waals surface area (Å²) in [7, 11) is 0. The van der Waals surface area contributed by atoms with Crippen LogP contribution in [0.25, 0.3) is 0 Å². The molecule has 1 aliphatic heterocycles. The molecule has 2 amide bonds. The van der Waals surface area contributed by atoms with Gasteiger partial charge in [0.25, 0.3) is 0 Å². The fourth-order valence-electron chi connectivity index (χ4n) is 1.47. The van der Waals surface area contributed by atoms with Gasteiger partial charge in [0, 0.05) is 12.8 Å². The second-order valence-corrected chi connectivity index (χ2v) is 3.85. The molecule has 1 saturated heterocycles. The number of β-amino-alcohol motifs (C(OH)–C–C–N with tert-alkyl or cyclic N) is 1. The number of carbonyl (C=O) groups excluding carboxylic acids is 2. The lowest BCUT2D eigenvalue weighted by atomic mass is 10.0. The lowest BCUT2D eigenvalue weighted by Crippen LogP contribution is -2.38. The molecular weight excluding hydrogens is 182 g/mol. The highest BCUT2D eigenvalue weighted by atomic mass is 16.3. The summed E-state index contributed by atoms with van der Waals surface area (Å²) in [6, 6.07) is 0. The SMILES string of the molecule is CCC(C)C(O)CN1C(=O)CCC1=O. The molecule has 2 atom stereocenters. The number of aliphatic hydroxyl groups excluding tert-OH is 1. The van der Waals surface area contributed by atoms with Gasteiger partial charge in [0.15, 0.2) is 0 Å². The van der Waals surface area contributed by atoms with Gasteiger partial charge in [-0.05, 0) is 5.92 Å². The summed E-state index contributed by atoms with van der Waals surface area (Å²) in [4.78, 5) is 23.6. The first-order valence-corrected chi connectivity index (χ1v) is 5.07. The summed E-state index contributed by atoms with van der Waals surface area (Å²) >= 11 is 0. The molecule has 0 bridgehead atoms. The van der Waals surface area contributed by atoms with Gasteiger partial charge >= 0.3 is 0 Å². The minimum atomic E-state index is -0.592. The monoisotopic (exact) mass is 199 g/mol. The van der Waals surface area contributed by atoms with E-state index in [0.717, 1.165) is 6.42 Å². The zero-order valence-corrected chi connectivity index (χ0v) is 8.69. The van der Waals surface area contributed by atoms with Gasteiger partial charge < -0.3 is 5.11 Å². The average Bonchev–Trinajstić information content (AvgIpc) is 2.48. The maximum atomic E-state index is 11.2. The molecule has 0 saturated carbocycles. The predicted molar refractivity (Wildman–Crippen MR) is 51.4 cm³/mol. The van der Waals surface area contributed by atoms with Gasteiger partial charge in [-0.1, -0.05) is 20.3 Å². The van der Waals surface area contributed by atoms with Gasteiger partial charge in [0.2, 0.25) is 11.8 Å². The van der Waals surface area contributed by atoms with Crippen molar-refractivity contribution in [2.24, 2.45) is 5.92 Å². The molecular formula is C10H17NO3. The summed E-state index contributed by atoms with van der Waals surface area (Å²) in [5.41, 5.74) is 0. The smallest absolute Gasteiger partial charge is 0.229 e. The molecule has 0 radical (unpaired) electrons. The number of amides is 2. The number of hydrogen-bond acceptors (Lipinski definition) is 3. The Morgan fingerprint density at radius 2 is 1.86 bits per heavy atom. The standard InChI is InChI=1S/C10H17NO3/c1-3-7(2)8(12)6-11-9(13)4-5-10(11)14/h7-8,12H,3-6H2,1-2H3. The Bertz CT molecular complexity index is 224. The minimum absolute atomic E-state index is 0.121. The second-order valence-electron chi connectivity index (χ2n) is 3.85. The molecule has 0 aromatic heterocycles. The molecule has 0 aromatic rings. The first-order chi connectivity index (χ1) is 6.56. The van der Waals surface area contributed by atoms with Crippen LogP contribution in [0.1, 0.15) is 33.1 Å². The second kappa shape index (κ2) is 4.55. The number of rotatable bonds is 4. The molecule has 0 spiro atoms. The van der Waals surface area contributed by atoms with Gasteiger partial charge in [0.05, 0.1) is 12.6 Å². The zero-order valence-electron chi connectivity index (χ0n) is 8.69. The number of hydrogen-bond donors (Lipinski definition) is 1. The van der Waals surface area contributed by atoms with Crippen LogP contribution in [0.2, 0.25) is 0 Å². The lowest BCUT2D eigenvalue weighted by molar-refractivity contribution is -0.140. The fraction of sp³-hybridized carbons (Fsp3) is 0.800. The molecule has 0 aromatic carbocycles. The third-order valence-corrected chi connectivity index (χ3v) is 2.83. The molecule has 1 N–H and O–H groups in total. The van der Waals surface area contributed by atoms with Crippen LogP contribution in [0.15, 0.2) is 0 Å². The van der Waals surface area contributed by atoms with Crippen molar-refractivity contribution in [3.8, 4) is 0 Å². The van der Waals surface area contributed by atoms with Crippen LogP contribution in [0, 0.1) is 5.92 Å². The Morgan fingerprint density at radius 1 is 1.36 bits per heavy atom. The highest BCUT2D eigenvalue weighted by molar-refractivity contribution is 6.01. The van der Waals surface area contributed by atoms with E-state index in [0.29, 0.717) is 12.8 Å². The number of aliphatic hydroxyl groups is 1. The van der Waals surface area contributed by atoms with Crippen LogP contribution >= 0.6 is 0 Å². The number of likely N-dealkylation sites (tertiary alicyclic amines) is 1. The molecule has 80 valence electrons. The van der Waals surface area contributed by atoms with Crippen LogP contribution in [-0.4, -0.2) is 34.5 Å². The van der Waals surface area contributed by atoms with Gasteiger partial charge in [-0.25, -0.2) is 0 Å². The predicted octanol–water partition coefficient (Wildman–Crippen LogP) is 0.542. The van der Waals surface area contributed by atoms with Crippen molar-refractivity contribution in [2.45, 2.75) is 39.2 Å². The Labute approximate surface area is 83.9 Å². The summed E-state index contributed by atoms with van der Waals surface area (Å²) < 4.78 is 0. The van der Waals surface area contributed by atoms with E-state index in [4.69, 9.17) is 0 Å². The van der Waals surface area contributed by atoms with Gasteiger partial charge in [0.1, 0.15) is 0 Å². The van der Waals surface area contributed by atoms with E-state index in [1.807, 2.05) is 13.8 Å². The van der Waals surface area contributed by atoms with Gasteiger partial charge in [-0.15, -0.1) is 0 Å². The Hall–Kier alpha value is -0.900. The van der Waals surface area contributed by atoms with E-state index in [1.54, 1.807) is 0 Å². The number of carbonyl (C=O) groups is 2. The molecule has 1 heterocycles. The lowest BCUT2D eigenvalue weighted by Gasteiger charge is -2.22. The van der Waals surface area contributed by atoms with Crippen LogP contribution in [0.4, 0.5) is 0 Å². The maximum absolute atomic E-state index is 11.2. The van der Waals surface area contributed by atoms with Crippen LogP contribution in [-0.2, 0) is 9.59 Å².